The van der Waals surface area contributed by atoms with E-state index in [1.807, 2.05) is 16.9 Å². The van der Waals surface area contributed by atoms with E-state index in [4.69, 9.17) is 0 Å². The van der Waals surface area contributed by atoms with Crippen molar-refractivity contribution < 1.29 is 0 Å². The number of rotatable bonds is 4. The lowest BCUT2D eigenvalue weighted by Gasteiger charge is -2.32. The molecule has 1 atom stereocenters. The summed E-state index contributed by atoms with van der Waals surface area (Å²) in [5.41, 5.74) is 0. The van der Waals surface area contributed by atoms with Crippen LogP contribution in [0.2, 0.25) is 0 Å². The van der Waals surface area contributed by atoms with E-state index < -0.39 is 0 Å². The van der Waals surface area contributed by atoms with Gasteiger partial charge in [-0.2, -0.15) is 5.10 Å². The maximum atomic E-state index is 4.31. The van der Waals surface area contributed by atoms with Gasteiger partial charge in [-0.1, -0.05) is 19.3 Å². The van der Waals surface area contributed by atoms with Gasteiger partial charge in [-0.3, -0.25) is 9.58 Å². The summed E-state index contributed by atoms with van der Waals surface area (Å²) in [6.45, 7) is 5.81. The standard InChI is InChI=1S/C16H28N4/c1-2-6-15(7-3-1)16-14-19(10-4-8-17-16)12-13-20-11-5-9-18-20/h5,9,11,15-17H,1-4,6-8,10,12-14H2. The van der Waals surface area contributed by atoms with E-state index in [9.17, 15) is 0 Å². The van der Waals surface area contributed by atoms with Crippen LogP contribution in [0.3, 0.4) is 0 Å². The highest BCUT2D eigenvalue weighted by Crippen LogP contribution is 2.27. The SMILES string of the molecule is c1cnn(CCN2CCCNC(C3CCCCC3)C2)c1. The molecule has 0 radical (unpaired) electrons. The largest absolute Gasteiger partial charge is 0.312 e. The summed E-state index contributed by atoms with van der Waals surface area (Å²) in [6.07, 6.45) is 12.4. The Balaban J connectivity index is 1.51. The quantitative estimate of drug-likeness (QED) is 0.914. The lowest BCUT2D eigenvalue weighted by Crippen LogP contribution is -2.44. The Bertz CT molecular complexity index is 370. The number of aromatic nitrogens is 2. The smallest absolute Gasteiger partial charge is 0.0536 e. The van der Waals surface area contributed by atoms with E-state index in [-0.39, 0.29) is 0 Å². The monoisotopic (exact) mass is 276 g/mol. The zero-order valence-electron chi connectivity index (χ0n) is 12.5. The van der Waals surface area contributed by atoms with Crippen LogP contribution in [-0.2, 0) is 6.54 Å². The highest BCUT2D eigenvalue weighted by Gasteiger charge is 2.26. The Morgan fingerprint density at radius 3 is 2.80 bits per heavy atom. The predicted molar refractivity (Wildman–Crippen MR) is 81.6 cm³/mol. The average Bonchev–Trinajstić information content (AvgIpc) is 2.90. The zero-order chi connectivity index (χ0) is 13.6. The Morgan fingerprint density at radius 1 is 1.10 bits per heavy atom. The zero-order valence-corrected chi connectivity index (χ0v) is 12.5. The van der Waals surface area contributed by atoms with Crippen LogP contribution < -0.4 is 5.32 Å². The molecule has 1 aromatic rings. The molecule has 0 spiro atoms. The van der Waals surface area contributed by atoms with Crippen molar-refractivity contribution in [3.63, 3.8) is 0 Å². The van der Waals surface area contributed by atoms with Crippen LogP contribution in [0.25, 0.3) is 0 Å². The molecular formula is C16H28N4. The second kappa shape index (κ2) is 7.23. The van der Waals surface area contributed by atoms with Gasteiger partial charge in [0.15, 0.2) is 0 Å². The highest BCUT2D eigenvalue weighted by molar-refractivity contribution is 4.85. The molecule has 4 heteroatoms. The van der Waals surface area contributed by atoms with E-state index in [1.54, 1.807) is 0 Å². The first kappa shape index (κ1) is 14.1. The molecular weight excluding hydrogens is 248 g/mol. The second-order valence-electron chi connectivity index (χ2n) is 6.38. The molecule has 2 fully saturated rings. The molecule has 1 saturated carbocycles. The number of nitrogens with zero attached hydrogens (tertiary/aromatic N) is 3. The number of hydrogen-bond donors (Lipinski definition) is 1. The number of nitrogens with one attached hydrogen (secondary N) is 1. The van der Waals surface area contributed by atoms with Crippen LogP contribution in [0.4, 0.5) is 0 Å². The Morgan fingerprint density at radius 2 is 2.00 bits per heavy atom. The summed E-state index contributed by atoms with van der Waals surface area (Å²) >= 11 is 0. The van der Waals surface area contributed by atoms with Crippen molar-refractivity contribution in [1.29, 1.82) is 0 Å². The number of hydrogen-bond acceptors (Lipinski definition) is 3. The van der Waals surface area contributed by atoms with E-state index in [0.29, 0.717) is 0 Å². The Labute approximate surface area is 122 Å². The molecule has 112 valence electrons. The van der Waals surface area contributed by atoms with Crippen molar-refractivity contribution in [2.75, 3.05) is 26.2 Å². The van der Waals surface area contributed by atoms with Crippen molar-refractivity contribution in [3.8, 4) is 0 Å². The molecule has 20 heavy (non-hydrogen) atoms. The summed E-state index contributed by atoms with van der Waals surface area (Å²) in [6, 6.07) is 2.73. The van der Waals surface area contributed by atoms with Gasteiger partial charge >= 0.3 is 0 Å². The third-order valence-electron chi connectivity index (χ3n) is 4.94. The van der Waals surface area contributed by atoms with Gasteiger partial charge < -0.3 is 5.32 Å². The second-order valence-corrected chi connectivity index (χ2v) is 6.38. The lowest BCUT2D eigenvalue weighted by molar-refractivity contribution is 0.200. The van der Waals surface area contributed by atoms with Crippen LogP contribution in [0.5, 0.6) is 0 Å². The van der Waals surface area contributed by atoms with Gasteiger partial charge in [0.2, 0.25) is 0 Å². The van der Waals surface area contributed by atoms with Crippen LogP contribution in [0, 0.1) is 5.92 Å². The van der Waals surface area contributed by atoms with Gasteiger partial charge in [0.25, 0.3) is 0 Å². The predicted octanol–water partition coefficient (Wildman–Crippen LogP) is 2.13. The molecule has 1 N–H and O–H groups in total. The fourth-order valence-corrected chi connectivity index (χ4v) is 3.76. The molecule has 2 heterocycles. The van der Waals surface area contributed by atoms with Crippen LogP contribution >= 0.6 is 0 Å². The lowest BCUT2D eigenvalue weighted by atomic mass is 9.83. The minimum atomic E-state index is 0.718. The summed E-state index contributed by atoms with van der Waals surface area (Å²) in [5.74, 6) is 0.911. The molecule has 0 amide bonds. The minimum Gasteiger partial charge on any atom is -0.312 e. The first-order valence-corrected chi connectivity index (χ1v) is 8.35. The van der Waals surface area contributed by atoms with E-state index in [0.717, 1.165) is 25.0 Å². The highest BCUT2D eigenvalue weighted by atomic mass is 15.3. The Kier molecular flexibility index (Phi) is 5.09. The van der Waals surface area contributed by atoms with Gasteiger partial charge in [-0.05, 0) is 44.3 Å². The molecule has 2 aliphatic rings. The molecule has 0 bridgehead atoms. The molecule has 1 unspecified atom stereocenters. The first-order chi connectivity index (χ1) is 9.92. The molecule has 1 aliphatic heterocycles. The van der Waals surface area contributed by atoms with Crippen LogP contribution in [-0.4, -0.2) is 46.9 Å². The van der Waals surface area contributed by atoms with E-state index in [1.165, 1.54) is 58.2 Å². The average molecular weight is 276 g/mol. The fourth-order valence-electron chi connectivity index (χ4n) is 3.76. The summed E-state index contributed by atoms with van der Waals surface area (Å²) < 4.78 is 2.05. The molecule has 1 aromatic heterocycles. The topological polar surface area (TPSA) is 33.1 Å². The fraction of sp³-hybridized carbons (Fsp3) is 0.812. The summed E-state index contributed by atoms with van der Waals surface area (Å²) in [4.78, 5) is 2.64. The van der Waals surface area contributed by atoms with Crippen molar-refractivity contribution in [2.24, 2.45) is 5.92 Å². The minimum absolute atomic E-state index is 0.718. The van der Waals surface area contributed by atoms with Crippen molar-refractivity contribution in [1.82, 2.24) is 20.0 Å². The normalized spacial score (nSPS) is 26.5. The molecule has 0 aromatic carbocycles. The summed E-state index contributed by atoms with van der Waals surface area (Å²) in [5, 5.41) is 8.12. The van der Waals surface area contributed by atoms with Gasteiger partial charge in [0.1, 0.15) is 0 Å². The molecule has 3 rings (SSSR count). The van der Waals surface area contributed by atoms with Gasteiger partial charge in [0.05, 0.1) is 6.54 Å². The first-order valence-electron chi connectivity index (χ1n) is 8.35. The van der Waals surface area contributed by atoms with Crippen molar-refractivity contribution >= 4 is 0 Å². The third-order valence-corrected chi connectivity index (χ3v) is 4.94. The van der Waals surface area contributed by atoms with E-state index >= 15 is 0 Å². The van der Waals surface area contributed by atoms with Crippen molar-refractivity contribution in [3.05, 3.63) is 18.5 Å². The molecule has 1 aliphatic carbocycles. The molecule has 1 saturated heterocycles. The van der Waals surface area contributed by atoms with Gasteiger partial charge in [0, 0.05) is 31.5 Å². The van der Waals surface area contributed by atoms with Crippen LogP contribution in [0.1, 0.15) is 38.5 Å². The summed E-state index contributed by atoms with van der Waals surface area (Å²) in [7, 11) is 0. The maximum absolute atomic E-state index is 4.31. The Hall–Kier alpha value is -0.870. The third kappa shape index (κ3) is 3.83. The van der Waals surface area contributed by atoms with Gasteiger partial charge in [-0.15, -0.1) is 0 Å². The molecule has 4 nitrogen and oxygen atoms in total. The van der Waals surface area contributed by atoms with E-state index in [2.05, 4.69) is 21.5 Å². The van der Waals surface area contributed by atoms with Crippen molar-refractivity contribution in [2.45, 2.75) is 51.1 Å². The van der Waals surface area contributed by atoms with Gasteiger partial charge in [-0.25, -0.2) is 0 Å². The van der Waals surface area contributed by atoms with Crippen LogP contribution in [0.15, 0.2) is 18.5 Å². The maximum Gasteiger partial charge on any atom is 0.0536 e.